The van der Waals surface area contributed by atoms with Crippen molar-refractivity contribution in [2.45, 2.75) is 154 Å². The van der Waals surface area contributed by atoms with Crippen molar-refractivity contribution in [3.8, 4) is 0 Å². The second kappa shape index (κ2) is 29.5. The first-order valence-corrected chi connectivity index (χ1v) is 15.9. The standard InChI is InChI=1S/C29H56NO6P/c1-2-3-4-5-6-7-8-10-14-17-20-23-29(32)36-27(26-35-37-33)25-34-28(31)22-19-16-13-11-9-12-15-18-21-24-30/h27H,2-26,30H2,1H3/t27-/m0/s1. The first kappa shape index (κ1) is 36.0. The highest BCUT2D eigenvalue weighted by molar-refractivity contribution is 7.17. The number of carbonyl (C=O) groups excluding carboxylic acids is 2. The maximum atomic E-state index is 12.2. The Labute approximate surface area is 228 Å². The Morgan fingerprint density at radius 3 is 1.51 bits per heavy atom. The molecule has 0 aromatic heterocycles. The molecule has 0 aliphatic rings. The molecule has 37 heavy (non-hydrogen) atoms. The van der Waals surface area contributed by atoms with Gasteiger partial charge >= 0.3 is 20.6 Å². The molecule has 0 aromatic rings. The quantitative estimate of drug-likeness (QED) is 0.0573. The molecular formula is C29H56NO6P. The summed E-state index contributed by atoms with van der Waals surface area (Å²) in [5, 5.41) is 0. The molecule has 0 rings (SSSR count). The number of unbranched alkanes of at least 4 members (excludes halogenated alkanes) is 18. The molecule has 0 fully saturated rings. The highest BCUT2D eigenvalue weighted by atomic mass is 31.1. The van der Waals surface area contributed by atoms with Crippen LogP contribution in [-0.2, 0) is 28.2 Å². The molecule has 0 bridgehead atoms. The monoisotopic (exact) mass is 545 g/mol. The van der Waals surface area contributed by atoms with Gasteiger partial charge in [0.2, 0.25) is 0 Å². The van der Waals surface area contributed by atoms with Crippen LogP contribution < -0.4 is 5.73 Å². The Balaban J connectivity index is 3.81. The molecule has 0 unspecified atom stereocenters. The van der Waals surface area contributed by atoms with Crippen LogP contribution in [0.1, 0.15) is 148 Å². The predicted molar refractivity (Wildman–Crippen MR) is 151 cm³/mol. The molecule has 218 valence electrons. The van der Waals surface area contributed by atoms with E-state index in [0.29, 0.717) is 12.8 Å². The lowest BCUT2D eigenvalue weighted by Gasteiger charge is -2.16. The molecule has 0 aliphatic carbocycles. The first-order chi connectivity index (χ1) is 18.1. The average molecular weight is 546 g/mol. The highest BCUT2D eigenvalue weighted by Crippen LogP contribution is 2.14. The van der Waals surface area contributed by atoms with Crippen molar-refractivity contribution in [2.75, 3.05) is 19.8 Å². The highest BCUT2D eigenvalue weighted by Gasteiger charge is 2.17. The maximum Gasteiger partial charge on any atom is 0.327 e. The van der Waals surface area contributed by atoms with E-state index < -0.39 is 14.8 Å². The third kappa shape index (κ3) is 27.8. The smallest absolute Gasteiger partial charge is 0.327 e. The van der Waals surface area contributed by atoms with E-state index in [1.165, 1.54) is 83.5 Å². The molecule has 1 atom stereocenters. The van der Waals surface area contributed by atoms with Crippen LogP contribution >= 0.6 is 8.69 Å². The van der Waals surface area contributed by atoms with Crippen LogP contribution in [0.2, 0.25) is 0 Å². The minimum Gasteiger partial charge on any atom is -0.462 e. The van der Waals surface area contributed by atoms with Gasteiger partial charge in [-0.15, -0.1) is 0 Å². The summed E-state index contributed by atoms with van der Waals surface area (Å²) >= 11 is 0. The zero-order valence-electron chi connectivity index (χ0n) is 23.7. The molecule has 0 saturated heterocycles. The molecular weight excluding hydrogens is 489 g/mol. The van der Waals surface area contributed by atoms with Crippen LogP contribution in [0, 0.1) is 0 Å². The number of hydrogen-bond acceptors (Lipinski definition) is 7. The van der Waals surface area contributed by atoms with E-state index in [-0.39, 0.29) is 25.2 Å². The second-order valence-electron chi connectivity index (χ2n) is 10.2. The molecule has 8 heteroatoms. The summed E-state index contributed by atoms with van der Waals surface area (Å²) in [5.74, 6) is -0.626. The molecule has 0 amide bonds. The van der Waals surface area contributed by atoms with Gasteiger partial charge in [-0.1, -0.05) is 116 Å². The van der Waals surface area contributed by atoms with Crippen LogP contribution in [0.4, 0.5) is 0 Å². The number of ether oxygens (including phenoxy) is 2. The van der Waals surface area contributed by atoms with Gasteiger partial charge in [-0.3, -0.25) is 14.1 Å². The van der Waals surface area contributed by atoms with E-state index >= 15 is 0 Å². The number of hydrogen-bond donors (Lipinski definition) is 1. The van der Waals surface area contributed by atoms with Gasteiger partial charge in [0.25, 0.3) is 0 Å². The summed E-state index contributed by atoms with van der Waals surface area (Å²) in [6.45, 7) is 2.89. The van der Waals surface area contributed by atoms with Crippen molar-refractivity contribution in [1.29, 1.82) is 0 Å². The largest absolute Gasteiger partial charge is 0.462 e. The normalized spacial score (nSPS) is 12.1. The van der Waals surface area contributed by atoms with Crippen LogP contribution in [0.5, 0.6) is 0 Å². The molecule has 0 aliphatic heterocycles. The topological polar surface area (TPSA) is 105 Å². The lowest BCUT2D eigenvalue weighted by molar-refractivity contribution is -0.160. The van der Waals surface area contributed by atoms with Gasteiger partial charge in [-0.2, -0.15) is 0 Å². The molecule has 0 heterocycles. The summed E-state index contributed by atoms with van der Waals surface area (Å²) in [7, 11) is -0.487. The Hall–Kier alpha value is -1.04. The van der Waals surface area contributed by atoms with E-state index in [4.69, 9.17) is 19.7 Å². The zero-order chi connectivity index (χ0) is 27.2. The molecule has 2 N–H and O–H groups in total. The van der Waals surface area contributed by atoms with Gasteiger partial charge in [-0.25, -0.2) is 4.57 Å². The van der Waals surface area contributed by atoms with Gasteiger partial charge < -0.3 is 15.2 Å². The van der Waals surface area contributed by atoms with Crippen LogP contribution in [0.15, 0.2) is 0 Å². The molecule has 0 aromatic carbocycles. The number of rotatable bonds is 29. The minimum atomic E-state index is -0.732. The van der Waals surface area contributed by atoms with E-state index in [0.717, 1.165) is 51.5 Å². The number of esters is 2. The second-order valence-corrected chi connectivity index (χ2v) is 10.6. The van der Waals surface area contributed by atoms with Crippen molar-refractivity contribution >= 4 is 20.6 Å². The Bertz CT molecular complexity index is 535. The van der Waals surface area contributed by atoms with Gasteiger partial charge in [0.05, 0.1) is 0 Å². The maximum absolute atomic E-state index is 12.2. The molecule has 0 saturated carbocycles. The fourth-order valence-corrected chi connectivity index (χ4v) is 4.54. The predicted octanol–water partition coefficient (Wildman–Crippen LogP) is 8.23. The lowest BCUT2D eigenvalue weighted by atomic mass is 10.1. The summed E-state index contributed by atoms with van der Waals surface area (Å²) < 4.78 is 26.2. The molecule has 7 nitrogen and oxygen atoms in total. The van der Waals surface area contributed by atoms with Gasteiger partial charge in [0.1, 0.15) is 13.2 Å². The molecule has 0 radical (unpaired) electrons. The summed E-state index contributed by atoms with van der Waals surface area (Å²) in [4.78, 5) is 24.2. The first-order valence-electron chi connectivity index (χ1n) is 15.1. The van der Waals surface area contributed by atoms with Crippen LogP contribution in [0.3, 0.4) is 0 Å². The fourth-order valence-electron chi connectivity index (χ4n) is 4.32. The average Bonchev–Trinajstić information content (AvgIpc) is 2.89. The third-order valence-electron chi connectivity index (χ3n) is 6.61. The third-order valence-corrected chi connectivity index (χ3v) is 6.87. The Morgan fingerprint density at radius 1 is 0.622 bits per heavy atom. The van der Waals surface area contributed by atoms with E-state index in [9.17, 15) is 14.2 Å². The minimum absolute atomic E-state index is 0.0619. The van der Waals surface area contributed by atoms with Gasteiger partial charge in [-0.05, 0) is 25.8 Å². The van der Waals surface area contributed by atoms with E-state index in [1.807, 2.05) is 0 Å². The Kier molecular flexibility index (Phi) is 28.7. The van der Waals surface area contributed by atoms with E-state index in [2.05, 4.69) is 6.92 Å². The van der Waals surface area contributed by atoms with E-state index in [1.54, 1.807) is 0 Å². The van der Waals surface area contributed by atoms with Gasteiger partial charge in [0, 0.05) is 12.8 Å². The SMILES string of the molecule is CCCCCCCCCCCCCC(=O)O[C@H](COP=O)COC(=O)CCCCCCCCCCCN. The Morgan fingerprint density at radius 2 is 1.05 bits per heavy atom. The van der Waals surface area contributed by atoms with Crippen LogP contribution in [0.25, 0.3) is 0 Å². The number of nitrogens with two attached hydrogens (primary N) is 1. The lowest BCUT2D eigenvalue weighted by Crippen LogP contribution is -2.28. The van der Waals surface area contributed by atoms with Crippen molar-refractivity contribution in [2.24, 2.45) is 5.73 Å². The van der Waals surface area contributed by atoms with Crippen molar-refractivity contribution in [3.05, 3.63) is 0 Å². The van der Waals surface area contributed by atoms with Crippen molar-refractivity contribution in [1.82, 2.24) is 0 Å². The van der Waals surface area contributed by atoms with Crippen molar-refractivity contribution < 1.29 is 28.2 Å². The fraction of sp³-hybridized carbons (Fsp3) is 0.931. The summed E-state index contributed by atoms with van der Waals surface area (Å²) in [5.41, 5.74) is 5.50. The molecule has 0 spiro atoms. The number of carbonyl (C=O) groups is 2. The van der Waals surface area contributed by atoms with Crippen LogP contribution in [-0.4, -0.2) is 37.8 Å². The zero-order valence-corrected chi connectivity index (χ0v) is 24.6. The van der Waals surface area contributed by atoms with Gasteiger partial charge in [0.15, 0.2) is 6.10 Å². The summed E-state index contributed by atoms with van der Waals surface area (Å²) in [6.07, 6.45) is 23.6. The summed E-state index contributed by atoms with van der Waals surface area (Å²) in [6, 6.07) is 0. The van der Waals surface area contributed by atoms with Crippen molar-refractivity contribution in [3.63, 3.8) is 0 Å².